The molecule has 6 heavy (non-hydrogen) atoms. The Morgan fingerprint density at radius 3 is 2.17 bits per heavy atom. The minimum atomic E-state index is -3.38. The summed E-state index contributed by atoms with van der Waals surface area (Å²) in [4.78, 5) is 0. The van der Waals surface area contributed by atoms with Gasteiger partial charge in [0.1, 0.15) is 0 Å². The zero-order valence-corrected chi connectivity index (χ0v) is 5.83. The van der Waals surface area contributed by atoms with Gasteiger partial charge in [0.2, 0.25) is 0 Å². The van der Waals surface area contributed by atoms with E-state index in [0.29, 0.717) is 0 Å². The van der Waals surface area contributed by atoms with Crippen LogP contribution in [0.25, 0.3) is 0 Å². The molecule has 0 bridgehead atoms. The molecule has 0 saturated heterocycles. The van der Waals surface area contributed by atoms with Crippen molar-refractivity contribution in [1.29, 1.82) is 0 Å². The fourth-order valence-corrected chi connectivity index (χ4v) is 0. The Balaban J connectivity index is 3.85. The Kier molecular flexibility index (Phi) is 2.50. The molecule has 0 amide bonds. The Bertz CT molecular complexity index is 111. The maximum absolute atomic E-state index is 9.67. The van der Waals surface area contributed by atoms with Crippen LogP contribution in [0.5, 0.6) is 0 Å². The van der Waals surface area contributed by atoms with Crippen LogP contribution in [0.3, 0.4) is 0 Å². The van der Waals surface area contributed by atoms with Crippen molar-refractivity contribution in [2.75, 3.05) is 0 Å². The summed E-state index contributed by atoms with van der Waals surface area (Å²) in [5.41, 5.74) is 0. The SMILES string of the molecule is O=S(O)(=S)O[Se]. The van der Waals surface area contributed by atoms with E-state index in [9.17, 15) is 4.21 Å². The van der Waals surface area contributed by atoms with Gasteiger partial charge in [0.05, 0.1) is 0 Å². The van der Waals surface area contributed by atoms with Gasteiger partial charge >= 0.3 is 48.6 Å². The van der Waals surface area contributed by atoms with E-state index < -0.39 is 9.05 Å². The molecule has 0 aromatic carbocycles. The normalized spacial score (nSPS) is 19.7. The monoisotopic (exact) mass is 193 g/mol. The molecule has 0 aliphatic carbocycles. The van der Waals surface area contributed by atoms with E-state index in [4.69, 9.17) is 4.55 Å². The fourth-order valence-electron chi connectivity index (χ4n) is 0. The second kappa shape index (κ2) is 2.20. The van der Waals surface area contributed by atoms with Crippen LogP contribution in [0.4, 0.5) is 0 Å². The van der Waals surface area contributed by atoms with Gasteiger partial charge in [-0.2, -0.15) is 0 Å². The Hall–Kier alpha value is 0.809. The van der Waals surface area contributed by atoms with Crippen LogP contribution in [0, 0.1) is 0 Å². The van der Waals surface area contributed by atoms with Crippen molar-refractivity contribution < 1.29 is 12.0 Å². The minimum absolute atomic E-state index is 1.85. The average molecular weight is 192 g/mol. The summed E-state index contributed by atoms with van der Waals surface area (Å²) < 4.78 is 21.3. The quantitative estimate of drug-likeness (QED) is 0.553. The number of hydrogen-bond donors (Lipinski definition) is 1. The van der Waals surface area contributed by atoms with Gasteiger partial charge in [-0.05, 0) is 0 Å². The zero-order chi connectivity index (χ0) is 5.21. The molecular formula is HO3S2Se. The fraction of sp³-hybridized carbons (Fsp3) is 0. The number of rotatable bonds is 1. The van der Waals surface area contributed by atoms with E-state index in [0.717, 1.165) is 0 Å². The molecule has 0 spiro atoms. The molecule has 0 fully saturated rings. The average Bonchev–Trinajstić information content (AvgIpc) is 1.35. The van der Waals surface area contributed by atoms with Crippen molar-refractivity contribution in [3.63, 3.8) is 0 Å². The van der Waals surface area contributed by atoms with Crippen molar-refractivity contribution >= 4 is 36.6 Å². The summed E-state index contributed by atoms with van der Waals surface area (Å²) in [7, 11) is -3.38. The van der Waals surface area contributed by atoms with Gasteiger partial charge in [-0.1, -0.05) is 0 Å². The summed E-state index contributed by atoms with van der Waals surface area (Å²) in [5.74, 6) is 0. The van der Waals surface area contributed by atoms with Gasteiger partial charge in [-0.15, -0.1) is 0 Å². The maximum atomic E-state index is 9.67. The molecule has 0 aromatic heterocycles. The van der Waals surface area contributed by atoms with E-state index in [1.54, 1.807) is 0 Å². The summed E-state index contributed by atoms with van der Waals surface area (Å²) in [6, 6.07) is 0. The van der Waals surface area contributed by atoms with Gasteiger partial charge in [-0.3, -0.25) is 0 Å². The van der Waals surface area contributed by atoms with E-state index in [2.05, 4.69) is 14.5 Å². The Labute approximate surface area is 48.9 Å². The molecule has 0 rings (SSSR count). The van der Waals surface area contributed by atoms with Crippen LogP contribution in [0.2, 0.25) is 0 Å². The summed E-state index contributed by atoms with van der Waals surface area (Å²) in [6.45, 7) is 0. The molecule has 0 heterocycles. The van der Waals surface area contributed by atoms with Crippen LogP contribution in [-0.4, -0.2) is 25.1 Å². The van der Waals surface area contributed by atoms with Crippen LogP contribution in [0.15, 0.2) is 0 Å². The van der Waals surface area contributed by atoms with E-state index in [1.807, 2.05) is 16.3 Å². The summed E-state index contributed by atoms with van der Waals surface area (Å²) >= 11 is 5.67. The number of hydrogen-bond acceptors (Lipinski definition) is 3. The Morgan fingerprint density at radius 1 is 2.00 bits per heavy atom. The van der Waals surface area contributed by atoms with Crippen molar-refractivity contribution in [3.8, 4) is 0 Å². The molecule has 0 aliphatic rings. The van der Waals surface area contributed by atoms with Crippen molar-refractivity contribution in [2.45, 2.75) is 0 Å². The van der Waals surface area contributed by atoms with Crippen molar-refractivity contribution in [3.05, 3.63) is 0 Å². The third kappa shape index (κ3) is 4.81. The standard InChI is InChI=1S/HO3S2Se/c1-5(2,4)3-6/h(H,1,2,4). The molecule has 1 N–H and O–H groups in total. The Morgan fingerprint density at radius 2 is 2.17 bits per heavy atom. The molecule has 37 valence electrons. The molecular weight excluding hydrogens is 191 g/mol. The van der Waals surface area contributed by atoms with E-state index in [1.165, 1.54) is 0 Å². The first-order chi connectivity index (χ1) is 2.56. The van der Waals surface area contributed by atoms with Gasteiger partial charge in [0, 0.05) is 0 Å². The first-order valence-electron chi connectivity index (χ1n) is 0.849. The van der Waals surface area contributed by atoms with E-state index >= 15 is 0 Å². The summed E-state index contributed by atoms with van der Waals surface area (Å²) in [6.07, 6.45) is 0. The molecule has 1 atom stereocenters. The first kappa shape index (κ1) is 6.81. The van der Waals surface area contributed by atoms with Gasteiger partial charge in [-0.25, -0.2) is 0 Å². The van der Waals surface area contributed by atoms with Crippen LogP contribution >= 0.6 is 0 Å². The first-order valence-corrected chi connectivity index (χ1v) is 3.91. The molecule has 0 saturated carbocycles. The van der Waals surface area contributed by atoms with Crippen LogP contribution < -0.4 is 0 Å². The third-order valence-electron chi connectivity index (χ3n) is 0.0860. The third-order valence-corrected chi connectivity index (χ3v) is 2.21. The van der Waals surface area contributed by atoms with Crippen LogP contribution in [0.1, 0.15) is 0 Å². The molecule has 0 aromatic rings. The predicted octanol–water partition coefficient (Wildman–Crippen LogP) is -0.779. The second-order valence-corrected chi connectivity index (χ2v) is 3.61. The summed E-state index contributed by atoms with van der Waals surface area (Å²) in [5, 5.41) is 0. The van der Waals surface area contributed by atoms with Crippen molar-refractivity contribution in [1.82, 2.24) is 0 Å². The van der Waals surface area contributed by atoms with Gasteiger partial charge in [0.15, 0.2) is 0 Å². The topological polar surface area (TPSA) is 46.5 Å². The van der Waals surface area contributed by atoms with Crippen molar-refractivity contribution in [2.24, 2.45) is 0 Å². The molecule has 1 radical (unpaired) electrons. The molecule has 3 nitrogen and oxygen atoms in total. The second-order valence-electron chi connectivity index (χ2n) is 0.496. The van der Waals surface area contributed by atoms with Gasteiger partial charge in [0.25, 0.3) is 0 Å². The zero-order valence-electron chi connectivity index (χ0n) is 2.49. The predicted molar refractivity (Wildman–Crippen MR) is 25.0 cm³/mol. The molecule has 6 heteroatoms. The van der Waals surface area contributed by atoms with Crippen LogP contribution in [-0.2, 0) is 23.5 Å². The molecule has 1 unspecified atom stereocenters. The molecule has 0 aliphatic heterocycles. The van der Waals surface area contributed by atoms with Gasteiger partial charge < -0.3 is 0 Å². The van der Waals surface area contributed by atoms with E-state index in [-0.39, 0.29) is 0 Å².